The van der Waals surface area contributed by atoms with Gasteiger partial charge in [0.25, 0.3) is 0 Å². The molecule has 2 fully saturated rings. The second-order valence-corrected chi connectivity index (χ2v) is 6.00. The Morgan fingerprint density at radius 3 is 2.62 bits per heavy atom. The monoisotopic (exact) mass is 287 g/mol. The van der Waals surface area contributed by atoms with Gasteiger partial charge in [0.15, 0.2) is 5.76 Å². The molecule has 110 valence electrons. The maximum absolute atomic E-state index is 12.9. The maximum atomic E-state index is 12.9. The van der Waals surface area contributed by atoms with E-state index in [4.69, 9.17) is 4.42 Å². The van der Waals surface area contributed by atoms with Gasteiger partial charge in [-0.3, -0.25) is 4.90 Å². The van der Waals surface area contributed by atoms with Crippen LogP contribution in [0.2, 0.25) is 0 Å². The molecule has 2 aromatic rings. The van der Waals surface area contributed by atoms with E-state index in [1.165, 1.54) is 12.1 Å². The molecule has 1 N–H and O–H groups in total. The van der Waals surface area contributed by atoms with Gasteiger partial charge in [-0.05, 0) is 49.2 Å². The molecule has 2 aliphatic heterocycles. The average Bonchev–Trinajstić information content (AvgIpc) is 3.16. The Morgan fingerprint density at radius 1 is 1.19 bits per heavy atom. The standard InChI is InChI=1S/C16H18FN3O/c17-14-3-1-11(2-4-14)15-7-19-16(21-15)10-20-8-12-5-18-6-13(12)9-20/h1-4,7,12-13,18H,5-6,8-10H2. The number of fused-ring (bicyclic) bond motifs is 1. The highest BCUT2D eigenvalue weighted by atomic mass is 19.1. The van der Waals surface area contributed by atoms with Crippen LogP contribution in [0.1, 0.15) is 5.89 Å². The summed E-state index contributed by atoms with van der Waals surface area (Å²) in [5.74, 6) is 2.75. The summed E-state index contributed by atoms with van der Waals surface area (Å²) in [6.07, 6.45) is 1.72. The van der Waals surface area contributed by atoms with Gasteiger partial charge >= 0.3 is 0 Å². The second-order valence-electron chi connectivity index (χ2n) is 6.00. The fraction of sp³-hybridized carbons (Fsp3) is 0.438. The van der Waals surface area contributed by atoms with Crippen LogP contribution < -0.4 is 5.32 Å². The molecule has 2 aliphatic rings. The van der Waals surface area contributed by atoms with Gasteiger partial charge in [0.2, 0.25) is 5.89 Å². The predicted molar refractivity (Wildman–Crippen MR) is 77.0 cm³/mol. The lowest BCUT2D eigenvalue weighted by molar-refractivity contribution is 0.273. The Bertz CT molecular complexity index is 613. The smallest absolute Gasteiger partial charge is 0.209 e. The summed E-state index contributed by atoms with van der Waals surface area (Å²) < 4.78 is 18.7. The van der Waals surface area contributed by atoms with E-state index in [-0.39, 0.29) is 5.82 Å². The molecule has 0 amide bonds. The highest BCUT2D eigenvalue weighted by Crippen LogP contribution is 2.28. The van der Waals surface area contributed by atoms with Crippen molar-refractivity contribution >= 4 is 0 Å². The van der Waals surface area contributed by atoms with Gasteiger partial charge in [-0.1, -0.05) is 0 Å². The Morgan fingerprint density at radius 2 is 1.90 bits per heavy atom. The van der Waals surface area contributed by atoms with Crippen molar-refractivity contribution < 1.29 is 8.81 Å². The molecule has 0 aliphatic carbocycles. The molecular formula is C16H18FN3O. The normalized spacial score (nSPS) is 25.4. The van der Waals surface area contributed by atoms with E-state index in [9.17, 15) is 4.39 Å². The molecule has 4 nitrogen and oxygen atoms in total. The number of hydrogen-bond donors (Lipinski definition) is 1. The van der Waals surface area contributed by atoms with Crippen molar-refractivity contribution in [2.75, 3.05) is 26.2 Å². The summed E-state index contributed by atoms with van der Waals surface area (Å²) in [5, 5.41) is 3.44. The third-order valence-corrected chi connectivity index (χ3v) is 4.51. The zero-order chi connectivity index (χ0) is 14.2. The van der Waals surface area contributed by atoms with Crippen LogP contribution in [0.25, 0.3) is 11.3 Å². The molecule has 2 saturated heterocycles. The molecule has 0 spiro atoms. The molecule has 1 aromatic heterocycles. The fourth-order valence-corrected chi connectivity index (χ4v) is 3.40. The molecule has 2 unspecified atom stereocenters. The van der Waals surface area contributed by atoms with Crippen LogP contribution in [0.3, 0.4) is 0 Å². The van der Waals surface area contributed by atoms with Crippen molar-refractivity contribution in [2.45, 2.75) is 6.54 Å². The van der Waals surface area contributed by atoms with E-state index in [1.54, 1.807) is 18.3 Å². The minimum absolute atomic E-state index is 0.240. The highest BCUT2D eigenvalue weighted by molar-refractivity contribution is 5.55. The van der Waals surface area contributed by atoms with Gasteiger partial charge in [0.1, 0.15) is 5.82 Å². The zero-order valence-electron chi connectivity index (χ0n) is 11.8. The number of rotatable bonds is 3. The van der Waals surface area contributed by atoms with Crippen molar-refractivity contribution in [3.05, 3.63) is 42.2 Å². The van der Waals surface area contributed by atoms with Gasteiger partial charge < -0.3 is 9.73 Å². The molecule has 0 saturated carbocycles. The van der Waals surface area contributed by atoms with Gasteiger partial charge in [-0.25, -0.2) is 9.37 Å². The van der Waals surface area contributed by atoms with Crippen molar-refractivity contribution in [1.29, 1.82) is 0 Å². The maximum Gasteiger partial charge on any atom is 0.209 e. The Labute approximate surface area is 123 Å². The van der Waals surface area contributed by atoms with Gasteiger partial charge in [0.05, 0.1) is 12.7 Å². The Balaban J connectivity index is 1.44. The minimum atomic E-state index is -0.240. The first kappa shape index (κ1) is 13.0. The molecule has 4 rings (SSSR count). The SMILES string of the molecule is Fc1ccc(-c2cnc(CN3CC4CNCC4C3)o2)cc1. The molecule has 2 atom stereocenters. The second kappa shape index (κ2) is 5.24. The Kier molecular flexibility index (Phi) is 3.24. The average molecular weight is 287 g/mol. The van der Waals surface area contributed by atoms with Gasteiger partial charge in [-0.2, -0.15) is 0 Å². The van der Waals surface area contributed by atoms with E-state index < -0.39 is 0 Å². The quantitative estimate of drug-likeness (QED) is 0.939. The molecule has 0 bridgehead atoms. The first-order valence-corrected chi connectivity index (χ1v) is 7.41. The number of nitrogens with zero attached hydrogens (tertiary/aromatic N) is 2. The molecule has 21 heavy (non-hydrogen) atoms. The molecule has 1 aromatic carbocycles. The topological polar surface area (TPSA) is 41.3 Å². The van der Waals surface area contributed by atoms with E-state index in [1.807, 2.05) is 0 Å². The van der Waals surface area contributed by atoms with E-state index >= 15 is 0 Å². The first-order valence-electron chi connectivity index (χ1n) is 7.41. The third-order valence-electron chi connectivity index (χ3n) is 4.51. The Hall–Kier alpha value is -1.72. The third kappa shape index (κ3) is 2.59. The molecular weight excluding hydrogens is 269 g/mol. The van der Waals surface area contributed by atoms with Crippen molar-refractivity contribution in [3.63, 3.8) is 0 Å². The van der Waals surface area contributed by atoms with E-state index in [0.29, 0.717) is 5.76 Å². The van der Waals surface area contributed by atoms with Gasteiger partial charge in [-0.15, -0.1) is 0 Å². The number of benzene rings is 1. The highest BCUT2D eigenvalue weighted by Gasteiger charge is 2.36. The van der Waals surface area contributed by atoms with Crippen LogP contribution >= 0.6 is 0 Å². The molecule has 3 heterocycles. The van der Waals surface area contributed by atoms with Crippen LogP contribution in [0.4, 0.5) is 4.39 Å². The summed E-state index contributed by atoms with van der Waals surface area (Å²) >= 11 is 0. The zero-order valence-corrected chi connectivity index (χ0v) is 11.8. The summed E-state index contributed by atoms with van der Waals surface area (Å²) in [6, 6.07) is 6.30. The van der Waals surface area contributed by atoms with Crippen LogP contribution in [-0.4, -0.2) is 36.1 Å². The van der Waals surface area contributed by atoms with Crippen LogP contribution in [0, 0.1) is 17.7 Å². The number of aromatic nitrogens is 1. The molecule has 0 radical (unpaired) electrons. The van der Waals surface area contributed by atoms with E-state index in [0.717, 1.165) is 56.0 Å². The summed E-state index contributed by atoms with van der Waals surface area (Å²) in [4.78, 5) is 6.77. The number of halogens is 1. The summed E-state index contributed by atoms with van der Waals surface area (Å²) in [7, 11) is 0. The van der Waals surface area contributed by atoms with Gasteiger partial charge in [0, 0.05) is 18.7 Å². The van der Waals surface area contributed by atoms with Crippen LogP contribution in [0.5, 0.6) is 0 Å². The van der Waals surface area contributed by atoms with E-state index in [2.05, 4.69) is 15.2 Å². The fourth-order valence-electron chi connectivity index (χ4n) is 3.40. The number of oxazole rings is 1. The van der Waals surface area contributed by atoms with Crippen LogP contribution in [0.15, 0.2) is 34.9 Å². The first-order chi connectivity index (χ1) is 10.3. The summed E-state index contributed by atoms with van der Waals surface area (Å²) in [6.45, 7) is 5.26. The lowest BCUT2D eigenvalue weighted by Crippen LogP contribution is -2.25. The largest absolute Gasteiger partial charge is 0.439 e. The molecule has 5 heteroatoms. The van der Waals surface area contributed by atoms with Crippen molar-refractivity contribution in [1.82, 2.24) is 15.2 Å². The number of nitrogens with one attached hydrogen (secondary N) is 1. The lowest BCUT2D eigenvalue weighted by Gasteiger charge is -2.14. The van der Waals surface area contributed by atoms with Crippen molar-refractivity contribution in [3.8, 4) is 11.3 Å². The number of likely N-dealkylation sites (tertiary alicyclic amines) is 1. The number of hydrogen-bond acceptors (Lipinski definition) is 4. The van der Waals surface area contributed by atoms with Crippen LogP contribution in [-0.2, 0) is 6.54 Å². The summed E-state index contributed by atoms with van der Waals surface area (Å²) in [5.41, 5.74) is 0.859. The minimum Gasteiger partial charge on any atom is -0.439 e. The lowest BCUT2D eigenvalue weighted by atomic mass is 10.0. The predicted octanol–water partition coefficient (Wildman–Crippen LogP) is 2.13. The van der Waals surface area contributed by atoms with Crippen molar-refractivity contribution in [2.24, 2.45) is 11.8 Å².